The predicted molar refractivity (Wildman–Crippen MR) is 104 cm³/mol. The van der Waals surface area contributed by atoms with Gasteiger partial charge in [0.15, 0.2) is 0 Å². The van der Waals surface area contributed by atoms with Crippen molar-refractivity contribution in [2.45, 2.75) is 68.6 Å². The number of halogens is 1. The van der Waals surface area contributed by atoms with Crippen molar-refractivity contribution in [3.8, 4) is 0 Å². The maximum atomic E-state index is 13.3. The quantitative estimate of drug-likeness (QED) is 0.444. The molecule has 3 aliphatic rings. The van der Waals surface area contributed by atoms with Crippen LogP contribution >= 0.6 is 15.9 Å². The summed E-state index contributed by atoms with van der Waals surface area (Å²) in [6, 6.07) is -0.847. The Labute approximate surface area is 173 Å². The van der Waals surface area contributed by atoms with E-state index in [0.29, 0.717) is 12.8 Å². The van der Waals surface area contributed by atoms with Gasteiger partial charge in [-0.05, 0) is 40.5 Å². The Balaban J connectivity index is 2.01. The first-order valence-corrected chi connectivity index (χ1v) is 10.7. The summed E-state index contributed by atoms with van der Waals surface area (Å²) in [6.07, 6.45) is 0.305. The molecule has 3 heterocycles. The number of nitrogens with one attached hydrogen (secondary N) is 1. The molecule has 0 saturated carbocycles. The van der Waals surface area contributed by atoms with Crippen molar-refractivity contribution < 1.29 is 29.0 Å². The van der Waals surface area contributed by atoms with E-state index in [-0.39, 0.29) is 36.4 Å². The van der Waals surface area contributed by atoms with Crippen LogP contribution in [0.25, 0.3) is 0 Å². The number of ether oxygens (including phenoxy) is 2. The fourth-order valence-electron chi connectivity index (χ4n) is 4.86. The average molecular weight is 461 g/mol. The minimum Gasteiger partial charge on any atom is -0.466 e. The van der Waals surface area contributed by atoms with Gasteiger partial charge in [-0.25, -0.2) is 0 Å². The Morgan fingerprint density at radius 2 is 2.11 bits per heavy atom. The highest BCUT2D eigenvalue weighted by atomic mass is 79.9. The minimum absolute atomic E-state index is 0.0963. The number of hydrogen-bond donors (Lipinski definition) is 2. The summed E-state index contributed by atoms with van der Waals surface area (Å²) >= 11 is 3.58. The summed E-state index contributed by atoms with van der Waals surface area (Å²) in [4.78, 5) is 40.6. The molecule has 1 spiro atoms. The van der Waals surface area contributed by atoms with Crippen molar-refractivity contribution in [3.63, 3.8) is 0 Å². The number of alkyl halides is 1. The molecule has 8 nitrogen and oxygen atoms in total. The molecule has 3 rings (SSSR count). The Bertz CT molecular complexity index is 665. The van der Waals surface area contributed by atoms with E-state index < -0.39 is 41.1 Å². The maximum absolute atomic E-state index is 13.3. The van der Waals surface area contributed by atoms with E-state index in [9.17, 15) is 19.5 Å². The second kappa shape index (κ2) is 7.57. The second-order valence-corrected chi connectivity index (χ2v) is 9.94. The third kappa shape index (κ3) is 3.35. The third-order valence-corrected chi connectivity index (χ3v) is 6.50. The van der Waals surface area contributed by atoms with Gasteiger partial charge < -0.3 is 24.8 Å². The monoisotopic (exact) mass is 460 g/mol. The normalized spacial score (nSPS) is 36.6. The van der Waals surface area contributed by atoms with E-state index in [2.05, 4.69) is 21.2 Å². The highest BCUT2D eigenvalue weighted by Crippen LogP contribution is 2.60. The Hall–Kier alpha value is -1.19. The van der Waals surface area contributed by atoms with Crippen molar-refractivity contribution in [2.24, 2.45) is 11.8 Å². The number of rotatable bonds is 6. The lowest BCUT2D eigenvalue weighted by Gasteiger charge is -2.35. The first-order chi connectivity index (χ1) is 13.1. The molecule has 2 N–H and O–H groups in total. The van der Waals surface area contributed by atoms with Crippen LogP contribution < -0.4 is 5.32 Å². The SMILES string of the molecule is CCOC(=O)[C@H]1[C@@H]2O[C@@]3(CC2Br)[C@@H]1C(=O)N(CCCO)[C@@H]3C(=O)NC(C)(C)C. The van der Waals surface area contributed by atoms with Gasteiger partial charge in [-0.15, -0.1) is 0 Å². The molecule has 1 unspecified atom stereocenters. The third-order valence-electron chi connectivity index (χ3n) is 5.65. The van der Waals surface area contributed by atoms with Crippen LogP contribution in [0.5, 0.6) is 0 Å². The molecule has 158 valence electrons. The Kier molecular flexibility index (Phi) is 5.82. The molecule has 0 radical (unpaired) electrons. The fraction of sp³-hybridized carbons (Fsp3) is 0.842. The molecular formula is C19H29BrN2O6. The van der Waals surface area contributed by atoms with Gasteiger partial charge in [0.25, 0.3) is 0 Å². The molecule has 0 aromatic rings. The van der Waals surface area contributed by atoms with E-state index in [1.807, 2.05) is 20.8 Å². The van der Waals surface area contributed by atoms with E-state index in [1.165, 1.54) is 4.90 Å². The highest BCUT2D eigenvalue weighted by molar-refractivity contribution is 9.09. The van der Waals surface area contributed by atoms with Crippen molar-refractivity contribution in [1.29, 1.82) is 0 Å². The number of hydrogen-bond acceptors (Lipinski definition) is 6. The van der Waals surface area contributed by atoms with Gasteiger partial charge in [0.05, 0.1) is 24.5 Å². The molecule has 0 aliphatic carbocycles. The van der Waals surface area contributed by atoms with E-state index in [0.717, 1.165) is 0 Å². The Morgan fingerprint density at radius 1 is 1.43 bits per heavy atom. The summed E-state index contributed by atoms with van der Waals surface area (Å²) in [5.41, 5.74) is -1.55. The first-order valence-electron chi connectivity index (χ1n) is 9.79. The van der Waals surface area contributed by atoms with Gasteiger partial charge in [0.2, 0.25) is 11.8 Å². The lowest BCUT2D eigenvalue weighted by atomic mass is 9.70. The second-order valence-electron chi connectivity index (χ2n) is 8.76. The van der Waals surface area contributed by atoms with E-state index in [4.69, 9.17) is 9.47 Å². The summed E-state index contributed by atoms with van der Waals surface area (Å²) in [6.45, 7) is 7.68. The summed E-state index contributed by atoms with van der Waals surface area (Å²) in [5, 5.41) is 12.2. The number of esters is 1. The van der Waals surface area contributed by atoms with Gasteiger partial charge in [-0.2, -0.15) is 0 Å². The van der Waals surface area contributed by atoms with Crippen LogP contribution in [0.15, 0.2) is 0 Å². The molecule has 3 saturated heterocycles. The molecule has 3 fully saturated rings. The summed E-state index contributed by atoms with van der Waals surface area (Å²) in [5.74, 6) is -2.53. The number of carbonyl (C=O) groups excluding carboxylic acids is 3. The largest absolute Gasteiger partial charge is 0.466 e. The number of carbonyl (C=O) groups is 3. The van der Waals surface area contributed by atoms with E-state index in [1.54, 1.807) is 6.92 Å². The lowest BCUT2D eigenvalue weighted by molar-refractivity contribution is -0.154. The Morgan fingerprint density at radius 3 is 2.68 bits per heavy atom. The van der Waals surface area contributed by atoms with Crippen LogP contribution in [0.4, 0.5) is 0 Å². The van der Waals surface area contributed by atoms with Gasteiger partial charge in [0, 0.05) is 23.5 Å². The van der Waals surface area contributed by atoms with Crippen LogP contribution in [0.3, 0.4) is 0 Å². The van der Waals surface area contributed by atoms with Gasteiger partial charge >= 0.3 is 5.97 Å². The lowest BCUT2D eigenvalue weighted by Crippen LogP contribution is -2.58. The number of nitrogens with zero attached hydrogens (tertiary/aromatic N) is 1. The number of aliphatic hydroxyl groups excluding tert-OH is 1. The van der Waals surface area contributed by atoms with E-state index >= 15 is 0 Å². The topological polar surface area (TPSA) is 105 Å². The van der Waals surface area contributed by atoms with Crippen LogP contribution in [0, 0.1) is 11.8 Å². The zero-order valence-corrected chi connectivity index (χ0v) is 18.3. The minimum atomic E-state index is -1.07. The molecule has 3 aliphatic heterocycles. The number of aliphatic hydroxyl groups is 1. The van der Waals surface area contributed by atoms with Crippen LogP contribution in [-0.4, -0.2) is 75.7 Å². The van der Waals surface area contributed by atoms with Crippen LogP contribution in [-0.2, 0) is 23.9 Å². The molecular weight excluding hydrogens is 432 g/mol. The number of likely N-dealkylation sites (tertiary alicyclic amines) is 1. The molecule has 28 heavy (non-hydrogen) atoms. The molecule has 6 atom stereocenters. The van der Waals surface area contributed by atoms with Crippen molar-refractivity contribution in [1.82, 2.24) is 10.2 Å². The molecule has 2 bridgehead atoms. The first kappa shape index (κ1) is 21.5. The van der Waals surface area contributed by atoms with Crippen LogP contribution in [0.2, 0.25) is 0 Å². The standard InChI is InChI=1S/C19H29BrN2O6/c1-5-27-17(26)11-12-16(25)22(7-6-8-23)14(15(24)21-18(2,3)4)19(12)9-10(20)13(11)28-19/h10-14,23H,5-9H2,1-4H3,(H,21,24)/t10?,11-,12+,13-,14-,19+/m1/s1. The smallest absolute Gasteiger partial charge is 0.312 e. The maximum Gasteiger partial charge on any atom is 0.312 e. The zero-order valence-electron chi connectivity index (χ0n) is 16.7. The van der Waals surface area contributed by atoms with Gasteiger partial charge in [0.1, 0.15) is 11.6 Å². The molecule has 0 aromatic carbocycles. The van der Waals surface area contributed by atoms with Gasteiger partial charge in [-0.1, -0.05) is 15.9 Å². The number of fused-ring (bicyclic) bond motifs is 1. The van der Waals surface area contributed by atoms with Crippen molar-refractivity contribution >= 4 is 33.7 Å². The zero-order chi connectivity index (χ0) is 20.9. The van der Waals surface area contributed by atoms with Crippen molar-refractivity contribution in [3.05, 3.63) is 0 Å². The highest BCUT2D eigenvalue weighted by Gasteiger charge is 2.76. The average Bonchev–Trinajstić information content (AvgIpc) is 3.15. The molecule has 2 amide bonds. The molecule has 9 heteroatoms. The summed E-state index contributed by atoms with van der Waals surface area (Å²) < 4.78 is 11.5. The van der Waals surface area contributed by atoms with Gasteiger partial charge in [-0.3, -0.25) is 14.4 Å². The fourth-order valence-corrected chi connectivity index (χ4v) is 5.80. The summed E-state index contributed by atoms with van der Waals surface area (Å²) in [7, 11) is 0. The predicted octanol–water partition coefficient (Wildman–Crippen LogP) is 0.595. The van der Waals surface area contributed by atoms with Crippen LogP contribution in [0.1, 0.15) is 40.5 Å². The number of amides is 2. The van der Waals surface area contributed by atoms with Crippen molar-refractivity contribution in [2.75, 3.05) is 19.8 Å². The molecule has 0 aromatic heterocycles.